The Morgan fingerprint density at radius 3 is 2.57 bits per heavy atom. The lowest BCUT2D eigenvalue weighted by molar-refractivity contribution is -0.125. The summed E-state index contributed by atoms with van der Waals surface area (Å²) in [6.45, 7) is 17.8. The minimum atomic E-state index is -0.196. The molecule has 2 aromatic heterocycles. The number of aliphatic hydroxyl groups is 1. The normalized spacial score (nSPS) is 21.8. The number of rotatable bonds is 16. The van der Waals surface area contributed by atoms with Gasteiger partial charge in [0.15, 0.2) is 0 Å². The van der Waals surface area contributed by atoms with Crippen LogP contribution in [0.5, 0.6) is 0 Å². The van der Waals surface area contributed by atoms with E-state index in [1.807, 2.05) is 29.4 Å². The van der Waals surface area contributed by atoms with Crippen LogP contribution in [0.2, 0.25) is 0 Å². The van der Waals surface area contributed by atoms with Gasteiger partial charge < -0.3 is 24.6 Å². The van der Waals surface area contributed by atoms with Crippen LogP contribution in [0, 0.1) is 11.3 Å². The third-order valence-corrected chi connectivity index (χ3v) is 12.7. The number of aromatic nitrogens is 2. The molecule has 9 nitrogen and oxygen atoms in total. The number of likely N-dealkylation sites (tertiary alicyclic amines) is 1. The number of aryl methyl sites for hydroxylation is 1. The van der Waals surface area contributed by atoms with Crippen LogP contribution in [0.25, 0.3) is 5.57 Å². The molecule has 2 unspecified atom stereocenters. The molecule has 2 aliphatic heterocycles. The summed E-state index contributed by atoms with van der Waals surface area (Å²) in [5, 5.41) is 14.3. The first-order chi connectivity index (χ1) is 27.0. The molecule has 4 aliphatic rings. The first-order valence-electron chi connectivity index (χ1n) is 21.5. The van der Waals surface area contributed by atoms with Gasteiger partial charge in [0, 0.05) is 42.8 Å². The molecule has 9 heteroatoms. The summed E-state index contributed by atoms with van der Waals surface area (Å²) in [7, 11) is 1.76. The molecule has 2 fully saturated rings. The summed E-state index contributed by atoms with van der Waals surface area (Å²) in [5.74, 6) is 1.32. The van der Waals surface area contributed by atoms with E-state index < -0.39 is 0 Å². The smallest absolute Gasteiger partial charge is 0.274 e. The molecule has 304 valence electrons. The highest BCUT2D eigenvalue weighted by molar-refractivity contribution is 5.97. The zero-order valence-electron chi connectivity index (χ0n) is 35.3. The van der Waals surface area contributed by atoms with Crippen molar-refractivity contribution in [1.82, 2.24) is 19.4 Å². The summed E-state index contributed by atoms with van der Waals surface area (Å²) in [6.07, 6.45) is 18.9. The number of hydrogen-bond acceptors (Lipinski definition) is 7. The lowest BCUT2D eigenvalue weighted by Crippen LogP contribution is -2.49. The Morgan fingerprint density at radius 1 is 1.14 bits per heavy atom. The van der Waals surface area contributed by atoms with Gasteiger partial charge in [0.1, 0.15) is 11.5 Å². The second kappa shape index (κ2) is 18.6. The zero-order chi connectivity index (χ0) is 40.0. The van der Waals surface area contributed by atoms with Crippen LogP contribution in [-0.4, -0.2) is 75.9 Å². The van der Waals surface area contributed by atoms with Gasteiger partial charge in [-0.25, -0.2) is 4.98 Å². The van der Waals surface area contributed by atoms with Gasteiger partial charge in [-0.1, -0.05) is 58.4 Å². The SMILES string of the molecule is CCCN(CCCC(CC)c1ccc(Nc2cc(C3=C(CO)C(N4CCCC(CC)C(=CC5=C(C)CC(C)(C)C5)C4=O)=CCC3)cn(C)c2=O)nc1)C1COC1. The molecule has 2 N–H and O–H groups in total. The van der Waals surface area contributed by atoms with E-state index in [1.165, 1.54) is 16.7 Å². The molecule has 2 atom stereocenters. The van der Waals surface area contributed by atoms with Crippen LogP contribution in [0.4, 0.5) is 11.5 Å². The van der Waals surface area contributed by atoms with Crippen LogP contribution < -0.4 is 10.9 Å². The van der Waals surface area contributed by atoms with Gasteiger partial charge >= 0.3 is 0 Å². The molecular formula is C47H67N5O4. The van der Waals surface area contributed by atoms with Gasteiger partial charge in [-0.3, -0.25) is 14.5 Å². The maximum atomic E-state index is 14.6. The number of amides is 1. The van der Waals surface area contributed by atoms with Crippen LogP contribution in [-0.2, 0) is 16.6 Å². The summed E-state index contributed by atoms with van der Waals surface area (Å²) >= 11 is 0. The number of nitrogens with zero attached hydrogens (tertiary/aromatic N) is 4. The molecule has 0 saturated carbocycles. The van der Waals surface area contributed by atoms with Crippen molar-refractivity contribution in [1.29, 1.82) is 0 Å². The monoisotopic (exact) mass is 766 g/mol. The minimum Gasteiger partial charge on any atom is -0.392 e. The first kappa shape index (κ1) is 41.8. The number of anilines is 2. The lowest BCUT2D eigenvalue weighted by Gasteiger charge is -2.37. The Morgan fingerprint density at radius 2 is 1.95 bits per heavy atom. The number of pyridine rings is 2. The average Bonchev–Trinajstić information content (AvgIpc) is 3.33. The molecule has 6 rings (SSSR count). The van der Waals surface area contributed by atoms with E-state index in [1.54, 1.807) is 11.6 Å². The third kappa shape index (κ3) is 9.49. The Balaban J connectivity index is 1.21. The van der Waals surface area contributed by atoms with Gasteiger partial charge in [-0.2, -0.15) is 0 Å². The third-order valence-electron chi connectivity index (χ3n) is 12.7. The average molecular weight is 766 g/mol. The van der Waals surface area contributed by atoms with E-state index >= 15 is 0 Å². The van der Waals surface area contributed by atoms with Crippen LogP contribution in [0.1, 0.15) is 129 Å². The largest absolute Gasteiger partial charge is 0.392 e. The van der Waals surface area contributed by atoms with E-state index in [9.17, 15) is 14.7 Å². The zero-order valence-corrected chi connectivity index (χ0v) is 35.3. The molecule has 4 heterocycles. The molecule has 0 bridgehead atoms. The van der Waals surface area contributed by atoms with E-state index in [2.05, 4.69) is 70.0 Å². The molecule has 0 radical (unpaired) electrons. The maximum Gasteiger partial charge on any atom is 0.274 e. The predicted molar refractivity (Wildman–Crippen MR) is 228 cm³/mol. The van der Waals surface area contributed by atoms with Gasteiger partial charge in [-0.05, 0) is 142 Å². The number of hydrogen-bond donors (Lipinski definition) is 2. The molecule has 2 aromatic rings. The topological polar surface area (TPSA) is 99.9 Å². The van der Waals surface area contributed by atoms with Crippen molar-refractivity contribution in [3.8, 4) is 0 Å². The lowest BCUT2D eigenvalue weighted by atomic mass is 9.87. The van der Waals surface area contributed by atoms with Crippen LogP contribution >= 0.6 is 0 Å². The number of nitrogens with one attached hydrogen (secondary N) is 1. The first-order valence-corrected chi connectivity index (χ1v) is 21.5. The Labute approximate surface area is 335 Å². The van der Waals surface area contributed by atoms with Gasteiger partial charge in [0.2, 0.25) is 0 Å². The fourth-order valence-corrected chi connectivity index (χ4v) is 9.56. The minimum absolute atomic E-state index is 0.0580. The predicted octanol–water partition coefficient (Wildman–Crippen LogP) is 9.04. The summed E-state index contributed by atoms with van der Waals surface area (Å²) in [5.41, 5.74) is 8.68. The molecular weight excluding hydrogens is 699 g/mol. The van der Waals surface area contributed by atoms with Crippen molar-refractivity contribution in [3.05, 3.63) is 92.2 Å². The number of carbonyl (C=O) groups is 1. The van der Waals surface area contributed by atoms with Crippen LogP contribution in [0.3, 0.4) is 0 Å². The van der Waals surface area contributed by atoms with E-state index in [0.717, 1.165) is 118 Å². The highest BCUT2D eigenvalue weighted by atomic mass is 16.5. The summed E-state index contributed by atoms with van der Waals surface area (Å²) in [4.78, 5) is 37.4. The Hall–Kier alpha value is -3.79. The fourth-order valence-electron chi connectivity index (χ4n) is 9.56. The standard InChI is InChI=1S/C47H67N5O4/c1-8-20-51(38-30-56-31-38)21-12-14-33(9-2)35-18-19-44(48-27-35)49-42-24-37(28-50(7)46(42)55)39-16-11-17-43(41(39)29-53)52-22-13-15-34(10-3)40(45(52)54)23-36-26-47(5,6)25-32(36)4/h17-19,23-24,27-28,33-34,38,53H,8-16,20-22,25-26,29-31H2,1-7H3,(H,48,49). The molecule has 2 saturated heterocycles. The molecule has 1 amide bonds. The van der Waals surface area contributed by atoms with Crippen molar-refractivity contribution in [2.24, 2.45) is 18.4 Å². The fraction of sp³-hybridized carbons (Fsp3) is 0.596. The number of carbonyl (C=O) groups excluding carboxylic acids is 1. The molecule has 56 heavy (non-hydrogen) atoms. The summed E-state index contributed by atoms with van der Waals surface area (Å²) in [6, 6.07) is 6.57. The van der Waals surface area contributed by atoms with E-state index in [-0.39, 0.29) is 29.4 Å². The van der Waals surface area contributed by atoms with E-state index in [0.29, 0.717) is 36.4 Å². The summed E-state index contributed by atoms with van der Waals surface area (Å²) < 4.78 is 7.05. The molecule has 0 aromatic carbocycles. The second-order valence-corrected chi connectivity index (χ2v) is 17.5. The molecule has 0 spiro atoms. The maximum absolute atomic E-state index is 14.6. The molecule has 2 aliphatic carbocycles. The highest BCUT2D eigenvalue weighted by Gasteiger charge is 2.35. The van der Waals surface area contributed by atoms with Gasteiger partial charge in [0.05, 0.1) is 25.9 Å². The van der Waals surface area contributed by atoms with Crippen molar-refractivity contribution in [3.63, 3.8) is 0 Å². The Bertz CT molecular complexity index is 1900. The Kier molecular flexibility index (Phi) is 13.9. The van der Waals surface area contributed by atoms with Gasteiger partial charge in [-0.15, -0.1) is 0 Å². The number of aliphatic hydroxyl groups excluding tert-OH is 1. The van der Waals surface area contributed by atoms with Crippen molar-refractivity contribution in [2.75, 3.05) is 44.8 Å². The number of ether oxygens (including phenoxy) is 1. The van der Waals surface area contributed by atoms with Crippen LogP contribution in [0.15, 0.2) is 75.5 Å². The second-order valence-electron chi connectivity index (χ2n) is 17.5. The van der Waals surface area contributed by atoms with Gasteiger partial charge in [0.25, 0.3) is 11.5 Å². The highest BCUT2D eigenvalue weighted by Crippen LogP contribution is 2.44. The number of allylic oxidation sites excluding steroid dienone is 5. The van der Waals surface area contributed by atoms with Crippen molar-refractivity contribution < 1.29 is 14.6 Å². The quantitative estimate of drug-likeness (QED) is 0.165. The van der Waals surface area contributed by atoms with Crippen molar-refractivity contribution in [2.45, 2.75) is 124 Å². The van der Waals surface area contributed by atoms with Crippen molar-refractivity contribution >= 4 is 23.0 Å². The van der Waals surface area contributed by atoms with E-state index in [4.69, 9.17) is 9.72 Å².